The fourth-order valence-electron chi connectivity index (χ4n) is 14.4. The van der Waals surface area contributed by atoms with Gasteiger partial charge < -0.3 is 84.6 Å². The van der Waals surface area contributed by atoms with Gasteiger partial charge in [0.15, 0.2) is 74.8 Å². The lowest BCUT2D eigenvalue weighted by molar-refractivity contribution is -0.121. The first-order valence-corrected chi connectivity index (χ1v) is 48.4. The maximum atomic E-state index is 12.0. The molecule has 0 heterocycles. The number of aliphatic hydroxyl groups is 5. The summed E-state index contributed by atoms with van der Waals surface area (Å²) in [5, 5.41) is 107. The van der Waals surface area contributed by atoms with E-state index in [0.29, 0.717) is 149 Å². The summed E-state index contributed by atoms with van der Waals surface area (Å²) in [6, 6.07) is 30.9. The predicted octanol–water partition coefficient (Wildman–Crippen LogP) is 23.4. The summed E-state index contributed by atoms with van der Waals surface area (Å²) in [6.45, 7) is 13.0. The second kappa shape index (κ2) is 76.4. The molecule has 6 aromatic rings. The summed E-state index contributed by atoms with van der Waals surface area (Å²) < 4.78 is 30.3. The van der Waals surface area contributed by atoms with Gasteiger partial charge in [0.25, 0.3) is 0 Å². The predicted molar refractivity (Wildman–Crippen MR) is 522 cm³/mol. The average molecular weight is 1820 g/mol. The summed E-state index contributed by atoms with van der Waals surface area (Å²) in [4.78, 5) is 59.3. The molecule has 0 saturated carbocycles. The summed E-state index contributed by atoms with van der Waals surface area (Å²) in [5.41, 5.74) is 5.86. The fourth-order valence-corrected chi connectivity index (χ4v) is 14.4. The lowest BCUT2D eigenvalue weighted by atomic mass is 10.00. The summed E-state index contributed by atoms with van der Waals surface area (Å²) in [6.07, 6.45) is 43.8. The summed E-state index contributed by atoms with van der Waals surface area (Å²) in [7, 11) is 9.06. The van der Waals surface area contributed by atoms with Gasteiger partial charge in [-0.3, -0.25) is 24.0 Å². The van der Waals surface area contributed by atoms with Crippen molar-refractivity contribution >= 4 is 28.9 Å². The third-order valence-corrected chi connectivity index (χ3v) is 22.5. The van der Waals surface area contributed by atoms with Gasteiger partial charge in [0, 0.05) is 57.8 Å². The van der Waals surface area contributed by atoms with E-state index in [1.54, 1.807) is 97.1 Å². The number of aromatic hydroxyl groups is 6. The van der Waals surface area contributed by atoms with Crippen LogP contribution in [0.1, 0.15) is 345 Å². The zero-order valence-corrected chi connectivity index (χ0v) is 81.3. The number of benzene rings is 6. The lowest BCUT2D eigenvalue weighted by Crippen LogP contribution is -2.18. The third-order valence-electron chi connectivity index (χ3n) is 22.5. The maximum absolute atomic E-state index is 12.0. The Bertz CT molecular complexity index is 3980. The number of unbranched alkanes of at least 4 members (excludes halogenated alkanes) is 21. The topological polar surface area (TPSA) is 363 Å². The Morgan fingerprint density at radius 1 is 0.262 bits per heavy atom. The van der Waals surface area contributed by atoms with E-state index < -0.39 is 30.5 Å². The second-order valence-electron chi connectivity index (χ2n) is 34.0. The van der Waals surface area contributed by atoms with E-state index in [4.69, 9.17) is 28.4 Å². The molecule has 0 amide bonds. The van der Waals surface area contributed by atoms with Crippen molar-refractivity contribution in [1.82, 2.24) is 0 Å². The van der Waals surface area contributed by atoms with Crippen molar-refractivity contribution in [3.63, 3.8) is 0 Å². The van der Waals surface area contributed by atoms with Crippen molar-refractivity contribution in [2.24, 2.45) is 0 Å². The van der Waals surface area contributed by atoms with E-state index in [-0.39, 0.29) is 76.9 Å². The molecule has 0 aliphatic carbocycles. The second-order valence-corrected chi connectivity index (χ2v) is 34.0. The summed E-state index contributed by atoms with van der Waals surface area (Å²) >= 11 is 0. The smallest absolute Gasteiger partial charge is 0.160 e. The minimum Gasteiger partial charge on any atom is -0.504 e. The van der Waals surface area contributed by atoms with Gasteiger partial charge in [0.1, 0.15) is 23.1 Å². The first-order chi connectivity index (χ1) is 62.6. The largest absolute Gasteiger partial charge is 0.504 e. The van der Waals surface area contributed by atoms with Gasteiger partial charge in [-0.15, -0.1) is 0 Å². The monoisotopic (exact) mass is 1820 g/mol. The van der Waals surface area contributed by atoms with Gasteiger partial charge in [-0.2, -0.15) is 0 Å². The number of methoxy groups -OCH3 is 6. The van der Waals surface area contributed by atoms with Crippen molar-refractivity contribution < 1.29 is 109 Å². The van der Waals surface area contributed by atoms with Crippen LogP contribution in [0.4, 0.5) is 0 Å². The molecule has 0 aromatic heterocycles. The number of carbonyl (C=O) groups is 5. The van der Waals surface area contributed by atoms with Crippen LogP contribution >= 0.6 is 0 Å². The molecule has 0 fully saturated rings. The number of phenols is 6. The highest BCUT2D eigenvalue weighted by Gasteiger charge is 2.18. The molecule has 0 radical (unpaired) electrons. The van der Waals surface area contributed by atoms with Gasteiger partial charge in [-0.1, -0.05) is 238 Å². The Kier molecular flexibility index (Phi) is 69.8. The van der Waals surface area contributed by atoms with Crippen LogP contribution in [0.15, 0.2) is 121 Å². The molecule has 11 N–H and O–H groups in total. The van der Waals surface area contributed by atoms with Crippen molar-refractivity contribution in [3.05, 3.63) is 155 Å². The maximum Gasteiger partial charge on any atom is 0.160 e. The number of ether oxygens (including phenoxy) is 6. The zero-order valence-electron chi connectivity index (χ0n) is 81.3. The molecule has 22 nitrogen and oxygen atoms in total. The number of hydrogen-bond donors (Lipinski definition) is 11. The number of ketones is 5. The molecule has 5 atom stereocenters. The zero-order chi connectivity index (χ0) is 96.5. The number of Topliss-reactive ketones (excluding diaryl/α,β-unsaturated/α-hetero) is 4. The molecule has 22 heteroatoms. The first-order valence-electron chi connectivity index (χ1n) is 48.4. The van der Waals surface area contributed by atoms with E-state index in [9.17, 15) is 80.1 Å². The number of aliphatic hydroxyl groups excluding tert-OH is 5. The van der Waals surface area contributed by atoms with E-state index in [0.717, 1.165) is 130 Å². The highest BCUT2D eigenvalue weighted by atomic mass is 16.5. The number of aryl methyl sites for hydroxylation is 6. The molecular formula is C108H168O22. The van der Waals surface area contributed by atoms with Gasteiger partial charge in [0.2, 0.25) is 0 Å². The lowest BCUT2D eigenvalue weighted by Gasteiger charge is -2.16. The van der Waals surface area contributed by atoms with E-state index in [1.807, 2.05) is 24.3 Å². The van der Waals surface area contributed by atoms with Gasteiger partial charge >= 0.3 is 0 Å². The highest BCUT2D eigenvalue weighted by molar-refractivity contribution is 5.89. The molecule has 6 aromatic carbocycles. The van der Waals surface area contributed by atoms with Gasteiger partial charge in [0.05, 0.1) is 73.2 Å². The average Bonchev–Trinajstić information content (AvgIpc) is 0.907. The van der Waals surface area contributed by atoms with E-state index in [1.165, 1.54) is 126 Å². The molecule has 0 saturated heterocycles. The van der Waals surface area contributed by atoms with Crippen LogP contribution in [-0.2, 0) is 62.5 Å². The SMILES string of the molecule is CCCCC/C=C/C(=O)CCc1ccc(O)c(OC)c1.CCCCCC(O)CC(=O)CCc1ccc(O)c(OC)c1.CCCCCC(O)CC(O)CCc1ccc(O)c(OC)c1.CCCCCCCC(=O)CCc1ccc(O)c(OC)c1.CCCCCCCC(O)CC(=O)CCc1ccc(O)c(OC)c1.CCCCCCCCCC(O)CC(=O)CCc1ccc(O)c(OC)c1. The standard InChI is InChI=1S/C21H34O4.C19H30O4.C17H28O4.C17H26O4.C17H26O3.C17H24O3/c1-3-4-5-6-7-8-9-10-18(22)16-19(23)13-11-17-12-14-20(24)21(15-17)25-2;1-3-4-5-6-7-8-16(20)14-17(21)11-9-15-10-12-18(22)19(13-15)23-2;2*1-3-4-5-6-14(18)12-15(19)9-7-13-8-10-16(20)17(11-13)21-2;2*1-3-4-5-6-7-8-15(18)11-9-14-10-12-16(19)17(13-14)20-2/h12,14-15,18,22,24H,3-11,13,16H2,1-2H3;10,12-13,16,20,22H,3-9,11,14H2,1-2H3;8,10-11,14-15,18-20H,3-7,9,12H2,1-2H3;8,10-11,14,18,20H,3-7,9,12H2,1-2H3;10,12-13,19H,3-9,11H2,1-2H3;7-8,10,12-13,19H,3-6,9,11H2,1-2H3/b;;;;;8-7+. The van der Waals surface area contributed by atoms with Crippen molar-refractivity contribution in [2.45, 2.75) is 380 Å². The molecule has 5 unspecified atom stereocenters. The Morgan fingerprint density at radius 3 is 0.792 bits per heavy atom. The molecule has 0 aliphatic heterocycles. The number of rotatable bonds is 65. The number of allylic oxidation sites excluding steroid dienone is 2. The van der Waals surface area contributed by atoms with E-state index >= 15 is 0 Å². The Hall–Kier alpha value is -9.19. The third kappa shape index (κ3) is 59.3. The van der Waals surface area contributed by atoms with Crippen LogP contribution in [0.3, 0.4) is 0 Å². The Labute approximate surface area is 780 Å². The first kappa shape index (κ1) is 119. The van der Waals surface area contributed by atoms with Gasteiger partial charge in [-0.25, -0.2) is 0 Å². The van der Waals surface area contributed by atoms with Crippen LogP contribution in [0, 0.1) is 0 Å². The minimum absolute atomic E-state index is 0.0750. The Balaban J connectivity index is 0.000000781. The van der Waals surface area contributed by atoms with Crippen LogP contribution in [-0.4, -0.2) is 158 Å². The molecule has 0 aliphatic rings. The highest BCUT2D eigenvalue weighted by Crippen LogP contribution is 2.33. The molecule has 732 valence electrons. The number of carbonyl (C=O) groups excluding carboxylic acids is 5. The van der Waals surface area contributed by atoms with Crippen molar-refractivity contribution in [1.29, 1.82) is 0 Å². The minimum atomic E-state index is -0.516. The van der Waals surface area contributed by atoms with E-state index in [2.05, 4.69) is 41.5 Å². The molecule has 0 bridgehead atoms. The van der Waals surface area contributed by atoms with Gasteiger partial charge in [-0.05, 0) is 209 Å². The number of phenolic OH excluding ortho intramolecular Hbond substituents is 6. The van der Waals surface area contributed by atoms with Crippen molar-refractivity contribution in [3.8, 4) is 69.0 Å². The van der Waals surface area contributed by atoms with Crippen LogP contribution < -0.4 is 28.4 Å². The van der Waals surface area contributed by atoms with Crippen LogP contribution in [0.2, 0.25) is 0 Å². The normalized spacial score (nSPS) is 12.0. The quantitative estimate of drug-likeness (QED) is 0.0125. The molecular weight excluding hydrogens is 1650 g/mol. The fraction of sp³-hybridized carbons (Fsp3) is 0.602. The molecule has 0 spiro atoms. The summed E-state index contributed by atoms with van der Waals surface area (Å²) in [5.74, 6) is 4.01. The number of hydrogen-bond acceptors (Lipinski definition) is 22. The van der Waals surface area contributed by atoms with Crippen molar-refractivity contribution in [2.75, 3.05) is 42.7 Å². The van der Waals surface area contributed by atoms with Crippen LogP contribution in [0.5, 0.6) is 69.0 Å². The molecule has 130 heavy (non-hydrogen) atoms. The Morgan fingerprint density at radius 2 is 0.492 bits per heavy atom. The van der Waals surface area contributed by atoms with Crippen LogP contribution in [0.25, 0.3) is 0 Å². The molecule has 6 rings (SSSR count).